The Hall–Kier alpha value is -0.120. The zero-order valence-corrected chi connectivity index (χ0v) is 10.4. The number of hydrogen-bond acceptors (Lipinski definition) is 3. The third-order valence-corrected chi connectivity index (χ3v) is 3.26. The fourth-order valence-electron chi connectivity index (χ4n) is 2.36. The van der Waals surface area contributed by atoms with E-state index in [2.05, 4.69) is 24.1 Å². The van der Waals surface area contributed by atoms with Crippen LogP contribution in [0.3, 0.4) is 0 Å². The first kappa shape index (κ1) is 12.9. The van der Waals surface area contributed by atoms with Gasteiger partial charge in [-0.2, -0.15) is 0 Å². The largest absolute Gasteiger partial charge is 0.395 e. The second-order valence-electron chi connectivity index (χ2n) is 5.47. The van der Waals surface area contributed by atoms with Gasteiger partial charge in [-0.3, -0.25) is 4.90 Å². The Morgan fingerprint density at radius 1 is 1.40 bits per heavy atom. The van der Waals surface area contributed by atoms with Gasteiger partial charge < -0.3 is 10.4 Å². The Balaban J connectivity index is 2.41. The van der Waals surface area contributed by atoms with E-state index in [1.165, 1.54) is 19.3 Å². The average Bonchev–Trinajstić information content (AvgIpc) is 1.99. The van der Waals surface area contributed by atoms with Crippen molar-refractivity contribution in [3.8, 4) is 0 Å². The molecule has 1 saturated carbocycles. The first-order valence-electron chi connectivity index (χ1n) is 6.08. The lowest BCUT2D eigenvalue weighted by atomic mass is 9.87. The second kappa shape index (κ2) is 5.83. The number of aliphatic hydroxyl groups excluding tert-OH is 1. The smallest absolute Gasteiger partial charge is 0.0558 e. The highest BCUT2D eigenvalue weighted by molar-refractivity contribution is 4.84. The summed E-state index contributed by atoms with van der Waals surface area (Å²) in [7, 11) is 2.00. The lowest BCUT2D eigenvalue weighted by molar-refractivity contribution is 0.0647. The summed E-state index contributed by atoms with van der Waals surface area (Å²) in [6.45, 7) is 7.80. The minimum absolute atomic E-state index is 0.284. The molecule has 1 aliphatic rings. The molecule has 0 aromatic carbocycles. The van der Waals surface area contributed by atoms with E-state index >= 15 is 0 Å². The van der Waals surface area contributed by atoms with Crippen molar-refractivity contribution in [1.29, 1.82) is 0 Å². The van der Waals surface area contributed by atoms with E-state index in [1.54, 1.807) is 0 Å². The zero-order chi connectivity index (χ0) is 11.3. The third-order valence-electron chi connectivity index (χ3n) is 3.26. The van der Waals surface area contributed by atoms with E-state index in [1.807, 2.05) is 7.05 Å². The third kappa shape index (κ3) is 4.09. The van der Waals surface area contributed by atoms with Gasteiger partial charge in [0, 0.05) is 25.7 Å². The molecule has 0 atom stereocenters. The van der Waals surface area contributed by atoms with Gasteiger partial charge in [0.15, 0.2) is 0 Å². The number of nitrogens with one attached hydrogen (secondary N) is 1. The van der Waals surface area contributed by atoms with Gasteiger partial charge in [-0.15, -0.1) is 0 Å². The molecule has 1 fully saturated rings. The summed E-state index contributed by atoms with van der Waals surface area (Å²) >= 11 is 0. The second-order valence-corrected chi connectivity index (χ2v) is 5.47. The lowest BCUT2D eigenvalue weighted by Gasteiger charge is -2.41. The first-order valence-corrected chi connectivity index (χ1v) is 6.08. The molecule has 15 heavy (non-hydrogen) atoms. The fraction of sp³-hybridized carbons (Fsp3) is 1.00. The predicted octanol–water partition coefficient (Wildman–Crippen LogP) is 1.08. The van der Waals surface area contributed by atoms with Crippen LogP contribution in [0, 0.1) is 5.41 Å². The van der Waals surface area contributed by atoms with Crippen LogP contribution in [0.2, 0.25) is 0 Å². The van der Waals surface area contributed by atoms with Crippen LogP contribution in [-0.2, 0) is 0 Å². The molecule has 1 aliphatic carbocycles. The molecule has 3 nitrogen and oxygen atoms in total. The van der Waals surface area contributed by atoms with Gasteiger partial charge in [-0.1, -0.05) is 20.3 Å². The van der Waals surface area contributed by atoms with Crippen molar-refractivity contribution < 1.29 is 5.11 Å². The Bertz CT molecular complexity index is 178. The van der Waals surface area contributed by atoms with Crippen molar-refractivity contribution in [2.45, 2.75) is 39.2 Å². The molecule has 1 rings (SSSR count). The average molecular weight is 214 g/mol. The van der Waals surface area contributed by atoms with Gasteiger partial charge in [0.25, 0.3) is 0 Å². The molecule has 0 aliphatic heterocycles. The van der Waals surface area contributed by atoms with Gasteiger partial charge >= 0.3 is 0 Å². The summed E-state index contributed by atoms with van der Waals surface area (Å²) in [6, 6.07) is 0.730. The number of aliphatic hydroxyl groups is 1. The van der Waals surface area contributed by atoms with Crippen LogP contribution in [-0.4, -0.2) is 49.3 Å². The summed E-state index contributed by atoms with van der Waals surface area (Å²) < 4.78 is 0. The van der Waals surface area contributed by atoms with Crippen LogP contribution < -0.4 is 5.32 Å². The molecule has 0 heterocycles. The van der Waals surface area contributed by atoms with E-state index in [0.717, 1.165) is 25.7 Å². The van der Waals surface area contributed by atoms with Crippen LogP contribution in [0.15, 0.2) is 0 Å². The van der Waals surface area contributed by atoms with E-state index < -0.39 is 0 Å². The molecule has 0 amide bonds. The molecular weight excluding hydrogens is 188 g/mol. The highest BCUT2D eigenvalue weighted by Gasteiger charge is 2.29. The van der Waals surface area contributed by atoms with Gasteiger partial charge in [-0.25, -0.2) is 0 Å². The first-order chi connectivity index (χ1) is 7.09. The Morgan fingerprint density at radius 2 is 2.07 bits per heavy atom. The standard InChI is InChI=1S/C12H26N2O/c1-12(2,9-13-3)10-14(7-8-15)11-5-4-6-11/h11,13,15H,4-10H2,1-3H3. The molecule has 0 spiro atoms. The number of nitrogens with zero attached hydrogens (tertiary/aromatic N) is 1. The maximum absolute atomic E-state index is 9.07. The normalized spacial score (nSPS) is 18.2. The molecule has 0 aromatic rings. The van der Waals surface area contributed by atoms with Gasteiger partial charge in [0.05, 0.1) is 6.61 Å². The summed E-state index contributed by atoms with van der Waals surface area (Å²) in [4.78, 5) is 2.46. The van der Waals surface area contributed by atoms with Crippen molar-refractivity contribution in [3.63, 3.8) is 0 Å². The number of hydrogen-bond donors (Lipinski definition) is 2. The highest BCUT2D eigenvalue weighted by atomic mass is 16.3. The molecule has 0 saturated heterocycles. The fourth-order valence-corrected chi connectivity index (χ4v) is 2.36. The monoisotopic (exact) mass is 214 g/mol. The highest BCUT2D eigenvalue weighted by Crippen LogP contribution is 2.27. The van der Waals surface area contributed by atoms with Crippen LogP contribution in [0.25, 0.3) is 0 Å². The van der Waals surface area contributed by atoms with Crippen molar-refractivity contribution in [2.24, 2.45) is 5.41 Å². The Morgan fingerprint density at radius 3 is 2.47 bits per heavy atom. The van der Waals surface area contributed by atoms with Crippen LogP contribution in [0.1, 0.15) is 33.1 Å². The summed E-state index contributed by atoms with van der Waals surface area (Å²) in [5.41, 5.74) is 0.291. The Kier molecular flexibility index (Phi) is 5.03. The summed E-state index contributed by atoms with van der Waals surface area (Å²) in [5, 5.41) is 12.3. The van der Waals surface area contributed by atoms with E-state index in [0.29, 0.717) is 5.41 Å². The van der Waals surface area contributed by atoms with Gasteiger partial charge in [-0.05, 0) is 25.3 Å². The Labute approximate surface area is 93.9 Å². The minimum atomic E-state index is 0.284. The number of rotatable bonds is 7. The maximum atomic E-state index is 9.07. The SMILES string of the molecule is CNCC(C)(C)CN(CCO)C1CCC1. The molecule has 0 aromatic heterocycles. The molecule has 0 unspecified atom stereocenters. The van der Waals surface area contributed by atoms with Crippen LogP contribution in [0.4, 0.5) is 0 Å². The minimum Gasteiger partial charge on any atom is -0.395 e. The maximum Gasteiger partial charge on any atom is 0.0558 e. The van der Waals surface area contributed by atoms with E-state index in [-0.39, 0.29) is 6.61 Å². The summed E-state index contributed by atoms with van der Waals surface area (Å²) in [5.74, 6) is 0. The molecule has 3 heteroatoms. The van der Waals surface area contributed by atoms with E-state index in [9.17, 15) is 0 Å². The molecule has 0 bridgehead atoms. The van der Waals surface area contributed by atoms with Crippen molar-refractivity contribution in [3.05, 3.63) is 0 Å². The van der Waals surface area contributed by atoms with Crippen LogP contribution in [0.5, 0.6) is 0 Å². The van der Waals surface area contributed by atoms with Gasteiger partial charge in [0.1, 0.15) is 0 Å². The molecule has 2 N–H and O–H groups in total. The lowest BCUT2D eigenvalue weighted by Crippen LogP contribution is -2.48. The van der Waals surface area contributed by atoms with Gasteiger partial charge in [0.2, 0.25) is 0 Å². The van der Waals surface area contributed by atoms with E-state index in [4.69, 9.17) is 5.11 Å². The summed E-state index contributed by atoms with van der Waals surface area (Å²) in [6.07, 6.45) is 3.99. The van der Waals surface area contributed by atoms with Crippen molar-refractivity contribution >= 4 is 0 Å². The predicted molar refractivity (Wildman–Crippen MR) is 64.0 cm³/mol. The molecule has 0 radical (unpaired) electrons. The zero-order valence-electron chi connectivity index (χ0n) is 10.4. The topological polar surface area (TPSA) is 35.5 Å². The molecular formula is C12H26N2O. The van der Waals surface area contributed by atoms with Crippen LogP contribution >= 0.6 is 0 Å². The molecule has 90 valence electrons. The van der Waals surface area contributed by atoms with Crippen molar-refractivity contribution in [2.75, 3.05) is 33.3 Å². The van der Waals surface area contributed by atoms with Crippen molar-refractivity contribution in [1.82, 2.24) is 10.2 Å². The quantitative estimate of drug-likeness (QED) is 0.665.